The molecule has 0 aliphatic carbocycles. The molecule has 2 aromatic carbocycles. The molecule has 3 aromatic rings. The second kappa shape index (κ2) is 7.44. The average molecular weight is 350 g/mol. The second-order valence-electron chi connectivity index (χ2n) is 6.21. The Kier molecular flexibility index (Phi) is 5.07. The van der Waals surface area contributed by atoms with Crippen LogP contribution in [0, 0.1) is 0 Å². The summed E-state index contributed by atoms with van der Waals surface area (Å²) in [6.45, 7) is 5.92. The Morgan fingerprint density at radius 2 is 1.81 bits per heavy atom. The summed E-state index contributed by atoms with van der Waals surface area (Å²) >= 11 is 0. The molecule has 5 heteroatoms. The van der Waals surface area contributed by atoms with Crippen LogP contribution in [-0.2, 0) is 4.79 Å². The third-order valence-corrected chi connectivity index (χ3v) is 4.38. The Balaban J connectivity index is 1.82. The van der Waals surface area contributed by atoms with E-state index in [-0.39, 0.29) is 17.9 Å². The number of benzene rings is 2. The van der Waals surface area contributed by atoms with E-state index < -0.39 is 0 Å². The lowest BCUT2D eigenvalue weighted by molar-refractivity contribution is -0.114. The van der Waals surface area contributed by atoms with E-state index >= 15 is 0 Å². The normalized spacial score (nSPS) is 12.0. The van der Waals surface area contributed by atoms with Crippen molar-refractivity contribution in [2.45, 2.75) is 26.8 Å². The number of nitrogens with zero attached hydrogens (tertiary/aromatic N) is 1. The molecule has 1 unspecified atom stereocenters. The number of hydrogen-bond acceptors (Lipinski definition) is 3. The number of para-hydroxylation sites is 1. The minimum Gasteiger partial charge on any atom is -0.459 e. The van der Waals surface area contributed by atoms with Crippen molar-refractivity contribution in [3.63, 3.8) is 0 Å². The Morgan fingerprint density at radius 3 is 2.42 bits per heavy atom. The van der Waals surface area contributed by atoms with Crippen LogP contribution in [0.1, 0.15) is 42.9 Å². The van der Waals surface area contributed by atoms with Crippen molar-refractivity contribution in [2.24, 2.45) is 0 Å². The summed E-state index contributed by atoms with van der Waals surface area (Å²) in [7, 11) is 0. The Hall–Kier alpha value is -3.08. The van der Waals surface area contributed by atoms with Crippen LogP contribution >= 0.6 is 0 Å². The van der Waals surface area contributed by atoms with Crippen LogP contribution in [0.3, 0.4) is 0 Å². The molecule has 1 aromatic heterocycles. The van der Waals surface area contributed by atoms with Gasteiger partial charge in [0.05, 0.1) is 6.04 Å². The van der Waals surface area contributed by atoms with Crippen LogP contribution in [0.15, 0.2) is 59.0 Å². The highest BCUT2D eigenvalue weighted by Crippen LogP contribution is 2.28. The maximum atomic E-state index is 12.9. The molecular weight excluding hydrogens is 328 g/mol. The van der Waals surface area contributed by atoms with Crippen molar-refractivity contribution in [3.8, 4) is 0 Å². The van der Waals surface area contributed by atoms with E-state index in [1.807, 2.05) is 44.2 Å². The van der Waals surface area contributed by atoms with Gasteiger partial charge in [0, 0.05) is 30.1 Å². The van der Waals surface area contributed by atoms with E-state index in [0.29, 0.717) is 17.8 Å². The third-order valence-electron chi connectivity index (χ3n) is 4.38. The molecule has 0 fully saturated rings. The van der Waals surface area contributed by atoms with Gasteiger partial charge in [-0.1, -0.05) is 18.2 Å². The summed E-state index contributed by atoms with van der Waals surface area (Å²) in [5, 5.41) is 3.72. The number of carbonyl (C=O) groups is 2. The third kappa shape index (κ3) is 3.61. The number of furan rings is 1. The molecule has 5 nitrogen and oxygen atoms in total. The highest BCUT2D eigenvalue weighted by atomic mass is 16.3. The van der Waals surface area contributed by atoms with Gasteiger partial charge < -0.3 is 14.6 Å². The Morgan fingerprint density at radius 1 is 1.12 bits per heavy atom. The molecule has 1 N–H and O–H groups in total. The van der Waals surface area contributed by atoms with E-state index in [0.717, 1.165) is 16.7 Å². The first-order chi connectivity index (χ1) is 12.5. The van der Waals surface area contributed by atoms with Gasteiger partial charge in [0.1, 0.15) is 11.3 Å². The number of fused-ring (bicyclic) bond motifs is 1. The van der Waals surface area contributed by atoms with Crippen molar-refractivity contribution in [2.75, 3.05) is 11.9 Å². The standard InChI is InChI=1S/C21H22N2O3/c1-4-23(14(2)20-13-17-7-5-6-8-19(17)26-20)21(25)16-9-11-18(12-10-16)22-15(3)24/h5-14H,4H2,1-3H3,(H,22,24). The minimum absolute atomic E-state index is 0.0742. The van der Waals surface area contributed by atoms with Gasteiger partial charge in [-0.25, -0.2) is 0 Å². The first-order valence-electron chi connectivity index (χ1n) is 8.66. The quantitative estimate of drug-likeness (QED) is 0.730. The predicted molar refractivity (Wildman–Crippen MR) is 102 cm³/mol. The number of hydrogen-bond donors (Lipinski definition) is 1. The molecular formula is C21H22N2O3. The van der Waals surface area contributed by atoms with Crippen LogP contribution < -0.4 is 5.32 Å². The molecule has 0 aliphatic heterocycles. The molecule has 0 radical (unpaired) electrons. The molecule has 0 spiro atoms. The molecule has 1 heterocycles. The molecule has 1 atom stereocenters. The van der Waals surface area contributed by atoms with Crippen LogP contribution in [0.4, 0.5) is 5.69 Å². The molecule has 3 rings (SSSR count). The largest absolute Gasteiger partial charge is 0.459 e. The summed E-state index contributed by atoms with van der Waals surface area (Å²) in [6, 6.07) is 16.5. The monoisotopic (exact) mass is 350 g/mol. The Labute approximate surface area is 152 Å². The molecule has 134 valence electrons. The van der Waals surface area contributed by atoms with Crippen molar-refractivity contribution in [3.05, 3.63) is 65.9 Å². The minimum atomic E-state index is -0.185. The highest BCUT2D eigenvalue weighted by molar-refractivity contribution is 5.95. The average Bonchev–Trinajstić information content (AvgIpc) is 3.06. The van der Waals surface area contributed by atoms with Crippen molar-refractivity contribution >= 4 is 28.5 Å². The second-order valence-corrected chi connectivity index (χ2v) is 6.21. The first-order valence-corrected chi connectivity index (χ1v) is 8.66. The van der Waals surface area contributed by atoms with Crippen LogP contribution in [0.25, 0.3) is 11.0 Å². The topological polar surface area (TPSA) is 62.6 Å². The van der Waals surface area contributed by atoms with E-state index in [4.69, 9.17) is 4.42 Å². The van der Waals surface area contributed by atoms with Gasteiger partial charge >= 0.3 is 0 Å². The van der Waals surface area contributed by atoms with Crippen LogP contribution in [-0.4, -0.2) is 23.3 Å². The van der Waals surface area contributed by atoms with Crippen LogP contribution in [0.5, 0.6) is 0 Å². The summed E-state index contributed by atoms with van der Waals surface area (Å²) in [5.74, 6) is 0.545. The van der Waals surface area contributed by atoms with Gasteiger partial charge in [0.15, 0.2) is 0 Å². The highest BCUT2D eigenvalue weighted by Gasteiger charge is 2.24. The molecule has 0 saturated carbocycles. The lowest BCUT2D eigenvalue weighted by Crippen LogP contribution is -2.33. The van der Waals surface area contributed by atoms with Crippen LogP contribution in [0.2, 0.25) is 0 Å². The zero-order valence-corrected chi connectivity index (χ0v) is 15.2. The summed E-state index contributed by atoms with van der Waals surface area (Å²) in [6.07, 6.45) is 0. The molecule has 0 saturated heterocycles. The first kappa shape index (κ1) is 17.7. The molecule has 26 heavy (non-hydrogen) atoms. The fourth-order valence-corrected chi connectivity index (χ4v) is 3.02. The van der Waals surface area contributed by atoms with Gasteiger partial charge in [-0.2, -0.15) is 0 Å². The van der Waals surface area contributed by atoms with E-state index in [1.54, 1.807) is 29.2 Å². The SMILES string of the molecule is CCN(C(=O)c1ccc(NC(C)=O)cc1)C(C)c1cc2ccccc2o1. The zero-order valence-electron chi connectivity index (χ0n) is 15.2. The summed E-state index contributed by atoms with van der Waals surface area (Å²) in [5.41, 5.74) is 2.06. The molecule has 0 bridgehead atoms. The maximum Gasteiger partial charge on any atom is 0.254 e. The fourth-order valence-electron chi connectivity index (χ4n) is 3.02. The summed E-state index contributed by atoms with van der Waals surface area (Å²) < 4.78 is 5.92. The summed E-state index contributed by atoms with van der Waals surface area (Å²) in [4.78, 5) is 25.8. The number of amides is 2. The van der Waals surface area contributed by atoms with Crippen molar-refractivity contribution in [1.29, 1.82) is 0 Å². The number of carbonyl (C=O) groups excluding carboxylic acids is 2. The zero-order chi connectivity index (χ0) is 18.7. The number of rotatable bonds is 5. The Bertz CT molecular complexity index is 895. The van der Waals surface area contributed by atoms with Gasteiger partial charge in [-0.05, 0) is 50.2 Å². The number of anilines is 1. The van der Waals surface area contributed by atoms with Gasteiger partial charge in [-0.15, -0.1) is 0 Å². The molecule has 2 amide bonds. The van der Waals surface area contributed by atoms with Gasteiger partial charge in [0.2, 0.25) is 5.91 Å². The van der Waals surface area contributed by atoms with E-state index in [2.05, 4.69) is 5.32 Å². The van der Waals surface area contributed by atoms with Gasteiger partial charge in [-0.3, -0.25) is 9.59 Å². The van der Waals surface area contributed by atoms with E-state index in [1.165, 1.54) is 6.92 Å². The van der Waals surface area contributed by atoms with E-state index in [9.17, 15) is 9.59 Å². The predicted octanol–water partition coefficient (Wildman–Crippen LogP) is 4.61. The lowest BCUT2D eigenvalue weighted by atomic mass is 10.1. The van der Waals surface area contributed by atoms with Crippen molar-refractivity contribution < 1.29 is 14.0 Å². The van der Waals surface area contributed by atoms with Gasteiger partial charge in [0.25, 0.3) is 5.91 Å². The lowest BCUT2D eigenvalue weighted by Gasteiger charge is -2.26. The smallest absolute Gasteiger partial charge is 0.254 e. The molecule has 0 aliphatic rings. The van der Waals surface area contributed by atoms with Crippen molar-refractivity contribution in [1.82, 2.24) is 4.90 Å². The fraction of sp³-hybridized carbons (Fsp3) is 0.238. The number of nitrogens with one attached hydrogen (secondary N) is 1. The maximum absolute atomic E-state index is 12.9.